The molecule has 138 valence electrons. The molecule has 2 atom stereocenters. The van der Waals surface area contributed by atoms with Crippen molar-refractivity contribution in [2.75, 3.05) is 26.4 Å². The van der Waals surface area contributed by atoms with Crippen LogP contribution in [0.4, 0.5) is 0 Å². The van der Waals surface area contributed by atoms with Gasteiger partial charge < -0.3 is 24.3 Å². The molecular formula is C18H20N2O5S. The molecule has 4 rings (SSSR count). The average Bonchev–Trinajstić information content (AvgIpc) is 3.20. The lowest BCUT2D eigenvalue weighted by Gasteiger charge is -2.32. The number of rotatable bonds is 5. The van der Waals surface area contributed by atoms with Gasteiger partial charge in [-0.3, -0.25) is 4.79 Å². The van der Waals surface area contributed by atoms with Crippen molar-refractivity contribution in [3.05, 3.63) is 40.3 Å². The maximum Gasteiger partial charge on any atom is 0.251 e. The van der Waals surface area contributed by atoms with Crippen LogP contribution in [0.25, 0.3) is 0 Å². The maximum absolute atomic E-state index is 12.7. The minimum absolute atomic E-state index is 0.108. The molecule has 0 spiro atoms. The summed E-state index contributed by atoms with van der Waals surface area (Å²) in [6.07, 6.45) is 0.504. The number of carbonyl (C=O) groups excluding carboxylic acids is 1. The topological polar surface area (TPSA) is 78.9 Å². The van der Waals surface area contributed by atoms with Crippen LogP contribution in [0, 0.1) is 0 Å². The molecule has 2 aromatic rings. The highest BCUT2D eigenvalue weighted by molar-refractivity contribution is 7.07. The number of carbonyl (C=O) groups is 1. The number of nitrogens with zero attached hydrogens (tertiary/aromatic N) is 1. The van der Waals surface area contributed by atoms with E-state index < -0.39 is 0 Å². The Kier molecular flexibility index (Phi) is 5.33. The van der Waals surface area contributed by atoms with Crippen molar-refractivity contribution >= 4 is 17.2 Å². The van der Waals surface area contributed by atoms with Gasteiger partial charge in [0.25, 0.3) is 5.91 Å². The first kappa shape index (κ1) is 17.3. The van der Waals surface area contributed by atoms with Gasteiger partial charge in [0.05, 0.1) is 30.5 Å². The minimum Gasteiger partial charge on any atom is -0.486 e. The number of thiazole rings is 1. The summed E-state index contributed by atoms with van der Waals surface area (Å²) in [5.41, 5.74) is 3.20. The number of benzene rings is 1. The van der Waals surface area contributed by atoms with Crippen molar-refractivity contribution in [3.63, 3.8) is 0 Å². The molecule has 0 bridgehead atoms. The predicted molar refractivity (Wildman–Crippen MR) is 94.8 cm³/mol. The highest BCUT2D eigenvalue weighted by atomic mass is 32.1. The number of amides is 1. The molecule has 1 N–H and O–H groups in total. The quantitative estimate of drug-likeness (QED) is 0.860. The smallest absolute Gasteiger partial charge is 0.251 e. The van der Waals surface area contributed by atoms with Crippen molar-refractivity contribution in [2.24, 2.45) is 0 Å². The SMILES string of the molecule is O=C(NC1CCOCC1OCc1cscn1)c1ccc2c(c1)OCCO2. The van der Waals surface area contributed by atoms with Crippen molar-refractivity contribution in [2.45, 2.75) is 25.2 Å². The predicted octanol–water partition coefficient (Wildman–Crippen LogP) is 2.02. The van der Waals surface area contributed by atoms with Crippen molar-refractivity contribution in [3.8, 4) is 11.5 Å². The minimum atomic E-state index is -0.202. The van der Waals surface area contributed by atoms with Crippen LogP contribution < -0.4 is 14.8 Å². The second kappa shape index (κ2) is 8.03. The van der Waals surface area contributed by atoms with Crippen LogP contribution in [-0.2, 0) is 16.1 Å². The number of fused-ring (bicyclic) bond motifs is 1. The molecule has 1 saturated heterocycles. The summed E-state index contributed by atoms with van der Waals surface area (Å²) in [5.74, 6) is 1.12. The molecule has 1 aromatic carbocycles. The normalized spacial score (nSPS) is 22.0. The van der Waals surface area contributed by atoms with Crippen LogP contribution in [0.15, 0.2) is 29.1 Å². The second-order valence-corrected chi connectivity index (χ2v) is 6.85. The molecule has 3 heterocycles. The molecule has 8 heteroatoms. The van der Waals surface area contributed by atoms with E-state index in [0.29, 0.717) is 56.5 Å². The van der Waals surface area contributed by atoms with E-state index in [-0.39, 0.29) is 18.1 Å². The van der Waals surface area contributed by atoms with E-state index in [1.807, 2.05) is 5.38 Å². The third-order valence-electron chi connectivity index (χ3n) is 4.35. The van der Waals surface area contributed by atoms with Gasteiger partial charge in [0, 0.05) is 17.6 Å². The van der Waals surface area contributed by atoms with E-state index in [2.05, 4.69) is 10.3 Å². The zero-order valence-corrected chi connectivity index (χ0v) is 15.0. The Labute approximate surface area is 155 Å². The third-order valence-corrected chi connectivity index (χ3v) is 4.99. The van der Waals surface area contributed by atoms with Crippen LogP contribution in [0.3, 0.4) is 0 Å². The van der Waals surface area contributed by atoms with Crippen molar-refractivity contribution in [1.82, 2.24) is 10.3 Å². The van der Waals surface area contributed by atoms with Gasteiger partial charge in [-0.1, -0.05) is 0 Å². The first-order valence-electron chi connectivity index (χ1n) is 8.56. The van der Waals surface area contributed by atoms with E-state index in [1.165, 1.54) is 11.3 Å². The molecule has 7 nitrogen and oxygen atoms in total. The van der Waals surface area contributed by atoms with E-state index >= 15 is 0 Å². The fraction of sp³-hybridized carbons (Fsp3) is 0.444. The summed E-state index contributed by atoms with van der Waals surface area (Å²) in [5, 5.41) is 5.01. The molecule has 1 amide bonds. The summed E-state index contributed by atoms with van der Waals surface area (Å²) in [7, 11) is 0. The van der Waals surface area contributed by atoms with Crippen molar-refractivity contribution < 1.29 is 23.7 Å². The zero-order valence-electron chi connectivity index (χ0n) is 14.2. The number of hydrogen-bond acceptors (Lipinski definition) is 7. The zero-order chi connectivity index (χ0) is 17.8. The molecule has 26 heavy (non-hydrogen) atoms. The Morgan fingerprint density at radius 1 is 1.27 bits per heavy atom. The number of nitrogens with one attached hydrogen (secondary N) is 1. The van der Waals surface area contributed by atoms with Gasteiger partial charge >= 0.3 is 0 Å². The average molecular weight is 376 g/mol. The lowest BCUT2D eigenvalue weighted by molar-refractivity contribution is -0.0742. The van der Waals surface area contributed by atoms with Crippen LogP contribution in [-0.4, -0.2) is 49.5 Å². The molecule has 0 aliphatic carbocycles. The van der Waals surface area contributed by atoms with Crippen molar-refractivity contribution in [1.29, 1.82) is 0 Å². The molecular weight excluding hydrogens is 356 g/mol. The Hall–Kier alpha value is -2.16. The fourth-order valence-electron chi connectivity index (χ4n) is 2.98. The van der Waals surface area contributed by atoms with Gasteiger partial charge in [-0.25, -0.2) is 4.98 Å². The largest absolute Gasteiger partial charge is 0.486 e. The number of aromatic nitrogens is 1. The van der Waals surface area contributed by atoms with Crippen LogP contribution in [0.2, 0.25) is 0 Å². The van der Waals surface area contributed by atoms with E-state index in [1.54, 1.807) is 23.7 Å². The highest BCUT2D eigenvalue weighted by Gasteiger charge is 2.29. The Morgan fingerprint density at radius 3 is 3.00 bits per heavy atom. The summed E-state index contributed by atoms with van der Waals surface area (Å²) < 4.78 is 22.5. The standard InChI is InChI=1S/C18H20N2O5S/c21-18(12-1-2-15-16(7-12)24-6-5-23-15)20-14-3-4-22-9-17(14)25-8-13-10-26-11-19-13/h1-2,7,10-11,14,17H,3-6,8-9H2,(H,20,21). The molecule has 1 fully saturated rings. The second-order valence-electron chi connectivity index (χ2n) is 6.13. The third kappa shape index (κ3) is 3.98. The van der Waals surface area contributed by atoms with Crippen LogP contribution in [0.1, 0.15) is 22.5 Å². The lowest BCUT2D eigenvalue weighted by atomic mass is 10.0. The first-order chi connectivity index (χ1) is 12.8. The Balaban J connectivity index is 1.39. The van der Waals surface area contributed by atoms with E-state index in [4.69, 9.17) is 18.9 Å². The summed E-state index contributed by atoms with van der Waals surface area (Å²) >= 11 is 1.53. The number of ether oxygens (including phenoxy) is 4. The molecule has 0 radical (unpaired) electrons. The van der Waals surface area contributed by atoms with Gasteiger partial charge in [0.1, 0.15) is 19.3 Å². The Bertz CT molecular complexity index is 752. The number of hydrogen-bond donors (Lipinski definition) is 1. The van der Waals surface area contributed by atoms with Gasteiger partial charge in [0.2, 0.25) is 0 Å². The van der Waals surface area contributed by atoms with Gasteiger partial charge in [-0.05, 0) is 24.6 Å². The fourth-order valence-corrected chi connectivity index (χ4v) is 3.52. The highest BCUT2D eigenvalue weighted by Crippen LogP contribution is 2.30. The molecule has 2 unspecified atom stereocenters. The van der Waals surface area contributed by atoms with Gasteiger partial charge in [-0.2, -0.15) is 0 Å². The summed E-state index contributed by atoms with van der Waals surface area (Å²) in [6.45, 7) is 2.48. The summed E-state index contributed by atoms with van der Waals surface area (Å²) in [4.78, 5) is 16.9. The van der Waals surface area contributed by atoms with Gasteiger partial charge in [-0.15, -0.1) is 11.3 Å². The first-order valence-corrected chi connectivity index (χ1v) is 9.51. The monoisotopic (exact) mass is 376 g/mol. The van der Waals surface area contributed by atoms with Gasteiger partial charge in [0.15, 0.2) is 11.5 Å². The van der Waals surface area contributed by atoms with E-state index in [9.17, 15) is 4.79 Å². The molecule has 1 aromatic heterocycles. The molecule has 2 aliphatic heterocycles. The molecule has 2 aliphatic rings. The lowest BCUT2D eigenvalue weighted by Crippen LogP contribution is -2.50. The maximum atomic E-state index is 12.7. The van der Waals surface area contributed by atoms with E-state index in [0.717, 1.165) is 5.69 Å². The Morgan fingerprint density at radius 2 is 2.15 bits per heavy atom. The molecule has 0 saturated carbocycles. The van der Waals surface area contributed by atoms with Crippen LogP contribution >= 0.6 is 11.3 Å². The summed E-state index contributed by atoms with van der Waals surface area (Å²) in [6, 6.07) is 5.12. The van der Waals surface area contributed by atoms with Crippen LogP contribution in [0.5, 0.6) is 11.5 Å².